The molecule has 53 heavy (non-hydrogen) atoms. The van der Waals surface area contributed by atoms with Crippen molar-refractivity contribution >= 4 is 40.2 Å². The average molecular weight is 694 g/mol. The zero-order valence-corrected chi connectivity index (χ0v) is 34.0. The predicted molar refractivity (Wildman–Crippen MR) is 228 cm³/mol. The third-order valence-corrected chi connectivity index (χ3v) is 15.2. The molecule has 2 heteroatoms. The van der Waals surface area contributed by atoms with E-state index >= 15 is 0 Å². The topological polar surface area (TPSA) is 3.24 Å². The minimum Gasteiger partial charge on any atom is -0.311 e. The standard InChI is InChI=1S/C51H56BN/c1-30-25-34-45-44-37(50(10)23-14-15-24-51(45,50)11)27-32(48(5,6)7)28-39(44)52-38-22-21-31(47(2,3)4)29-41(38)53(42(26-30)46(34)52)40-20-16-19-36-43(40)33-17-12-13-18-35(33)49(36,8)9/h12-13,16-22,25-29,45H,14-15,23-24H2,1-11H3. The van der Waals surface area contributed by atoms with Crippen LogP contribution in [0.15, 0.2) is 84.9 Å². The molecular formula is C51H56BN. The van der Waals surface area contributed by atoms with E-state index in [9.17, 15) is 0 Å². The van der Waals surface area contributed by atoms with Crippen molar-refractivity contribution in [3.8, 4) is 11.1 Å². The second-order valence-corrected chi connectivity index (χ2v) is 20.6. The summed E-state index contributed by atoms with van der Waals surface area (Å²) in [5, 5.41) is 0. The zero-order chi connectivity index (χ0) is 37.2. The number of hydrogen-bond acceptors (Lipinski definition) is 1. The smallest absolute Gasteiger partial charge is 0.247 e. The Labute approximate surface area is 319 Å². The van der Waals surface area contributed by atoms with Crippen molar-refractivity contribution in [1.82, 2.24) is 0 Å². The summed E-state index contributed by atoms with van der Waals surface area (Å²) in [7, 11) is 0. The van der Waals surface area contributed by atoms with Crippen LogP contribution in [-0.4, -0.2) is 6.71 Å². The van der Waals surface area contributed by atoms with Crippen LogP contribution in [0.25, 0.3) is 11.1 Å². The summed E-state index contributed by atoms with van der Waals surface area (Å²) in [5.74, 6) is 0.398. The highest BCUT2D eigenvalue weighted by Gasteiger charge is 2.62. The van der Waals surface area contributed by atoms with Crippen molar-refractivity contribution in [3.63, 3.8) is 0 Å². The van der Waals surface area contributed by atoms with E-state index in [1.165, 1.54) is 87.2 Å². The maximum absolute atomic E-state index is 2.72. The molecule has 3 atom stereocenters. The number of benzene rings is 5. The molecule has 2 heterocycles. The van der Waals surface area contributed by atoms with Gasteiger partial charge >= 0.3 is 0 Å². The van der Waals surface area contributed by atoms with E-state index in [0.29, 0.717) is 5.92 Å². The molecule has 5 aliphatic rings. The molecule has 2 aliphatic heterocycles. The first-order valence-corrected chi connectivity index (χ1v) is 20.5. The van der Waals surface area contributed by atoms with Crippen molar-refractivity contribution in [2.24, 2.45) is 5.41 Å². The lowest BCUT2D eigenvalue weighted by Crippen LogP contribution is -2.62. The van der Waals surface area contributed by atoms with Crippen LogP contribution in [0.4, 0.5) is 17.1 Å². The lowest BCUT2D eigenvalue weighted by atomic mass is 9.30. The number of rotatable bonds is 1. The lowest BCUT2D eigenvalue weighted by molar-refractivity contribution is 0.0925. The Balaban J connectivity index is 1.35. The van der Waals surface area contributed by atoms with E-state index in [1.54, 1.807) is 27.6 Å². The monoisotopic (exact) mass is 693 g/mol. The molecule has 0 saturated heterocycles. The first kappa shape index (κ1) is 33.5. The van der Waals surface area contributed by atoms with Gasteiger partial charge in [-0.2, -0.15) is 0 Å². The quantitative estimate of drug-likeness (QED) is 0.155. The van der Waals surface area contributed by atoms with E-state index in [-0.39, 0.29) is 33.8 Å². The largest absolute Gasteiger partial charge is 0.311 e. The van der Waals surface area contributed by atoms with Crippen LogP contribution in [0.3, 0.4) is 0 Å². The van der Waals surface area contributed by atoms with E-state index in [1.807, 2.05) is 0 Å². The summed E-state index contributed by atoms with van der Waals surface area (Å²) in [6.07, 6.45) is 5.21. The fourth-order valence-electron chi connectivity index (χ4n) is 12.2. The molecule has 1 nitrogen and oxygen atoms in total. The molecule has 5 aromatic carbocycles. The van der Waals surface area contributed by atoms with Gasteiger partial charge in [0.25, 0.3) is 0 Å². The highest BCUT2D eigenvalue weighted by atomic mass is 15.2. The highest BCUT2D eigenvalue weighted by molar-refractivity contribution is 6.99. The van der Waals surface area contributed by atoms with Gasteiger partial charge in [-0.1, -0.05) is 154 Å². The summed E-state index contributed by atoms with van der Waals surface area (Å²) in [4.78, 5) is 2.72. The van der Waals surface area contributed by atoms with Crippen LogP contribution in [0.5, 0.6) is 0 Å². The fourth-order valence-corrected chi connectivity index (χ4v) is 12.2. The Morgan fingerprint density at radius 3 is 2.11 bits per heavy atom. The molecule has 3 unspecified atom stereocenters. The molecule has 0 N–H and O–H groups in total. The first-order chi connectivity index (χ1) is 25.0. The molecule has 0 aromatic heterocycles. The lowest BCUT2D eigenvalue weighted by Gasteiger charge is -2.51. The number of hydrogen-bond donors (Lipinski definition) is 0. The van der Waals surface area contributed by atoms with Crippen molar-refractivity contribution in [2.45, 2.75) is 129 Å². The van der Waals surface area contributed by atoms with Crippen molar-refractivity contribution in [1.29, 1.82) is 0 Å². The van der Waals surface area contributed by atoms with Gasteiger partial charge in [0.1, 0.15) is 0 Å². The van der Waals surface area contributed by atoms with Crippen LogP contribution in [0.2, 0.25) is 0 Å². The van der Waals surface area contributed by atoms with E-state index in [4.69, 9.17) is 0 Å². The van der Waals surface area contributed by atoms with Crippen LogP contribution < -0.4 is 21.3 Å². The third-order valence-electron chi connectivity index (χ3n) is 15.2. The van der Waals surface area contributed by atoms with Crippen LogP contribution in [-0.2, 0) is 21.7 Å². The molecular weight excluding hydrogens is 637 g/mol. The van der Waals surface area contributed by atoms with Crippen LogP contribution in [0, 0.1) is 12.3 Å². The summed E-state index contributed by atoms with van der Waals surface area (Å²) >= 11 is 0. The van der Waals surface area contributed by atoms with Gasteiger partial charge in [-0.05, 0) is 121 Å². The molecule has 0 bridgehead atoms. The molecule has 3 aliphatic carbocycles. The highest BCUT2D eigenvalue weighted by Crippen LogP contribution is 2.68. The van der Waals surface area contributed by atoms with Crippen LogP contribution >= 0.6 is 0 Å². The van der Waals surface area contributed by atoms with Gasteiger partial charge in [-0.3, -0.25) is 0 Å². The Kier molecular flexibility index (Phi) is 6.57. The van der Waals surface area contributed by atoms with Gasteiger partial charge in [0, 0.05) is 28.3 Å². The normalized spacial score (nSPS) is 24.2. The zero-order valence-electron chi connectivity index (χ0n) is 34.0. The number of anilines is 3. The number of nitrogens with zero attached hydrogens (tertiary/aromatic N) is 1. The maximum Gasteiger partial charge on any atom is 0.247 e. The van der Waals surface area contributed by atoms with Crippen LogP contribution in [0.1, 0.15) is 145 Å². The predicted octanol–water partition coefficient (Wildman–Crippen LogP) is 11.5. The van der Waals surface area contributed by atoms with Gasteiger partial charge < -0.3 is 4.90 Å². The average Bonchev–Trinajstić information content (AvgIpc) is 3.47. The Morgan fingerprint density at radius 2 is 1.36 bits per heavy atom. The Morgan fingerprint density at radius 1 is 0.642 bits per heavy atom. The Bertz CT molecular complexity index is 2410. The molecule has 268 valence electrons. The van der Waals surface area contributed by atoms with Crippen molar-refractivity contribution in [2.75, 3.05) is 4.90 Å². The molecule has 0 spiro atoms. The second-order valence-electron chi connectivity index (χ2n) is 20.6. The molecule has 5 aromatic rings. The number of aryl methyl sites for hydroxylation is 1. The summed E-state index contributed by atoms with van der Waals surface area (Å²) in [5.41, 5.74) is 23.8. The number of fused-ring (bicyclic) bond motifs is 10. The minimum absolute atomic E-state index is 0.0237. The van der Waals surface area contributed by atoms with Gasteiger partial charge in [0.15, 0.2) is 0 Å². The van der Waals surface area contributed by atoms with Crippen molar-refractivity contribution < 1.29 is 0 Å². The first-order valence-electron chi connectivity index (χ1n) is 20.5. The fraction of sp³-hybridized carbons (Fsp3) is 0.412. The second kappa shape index (κ2) is 10.4. The van der Waals surface area contributed by atoms with E-state index in [0.717, 1.165) is 0 Å². The van der Waals surface area contributed by atoms with Gasteiger partial charge in [-0.15, -0.1) is 0 Å². The molecule has 0 radical (unpaired) electrons. The van der Waals surface area contributed by atoms with Gasteiger partial charge in [0.05, 0.1) is 5.69 Å². The Hall–Kier alpha value is -4.04. The molecule has 1 saturated carbocycles. The molecule has 10 rings (SSSR count). The third kappa shape index (κ3) is 4.17. The summed E-state index contributed by atoms with van der Waals surface area (Å²) < 4.78 is 0. The maximum atomic E-state index is 2.72. The van der Waals surface area contributed by atoms with E-state index in [2.05, 4.69) is 166 Å². The van der Waals surface area contributed by atoms with Crippen molar-refractivity contribution in [3.05, 3.63) is 129 Å². The SMILES string of the molecule is Cc1cc2c3c(c1)N(c1cccc4c1-c1ccccc1C4(C)C)c1cc(C(C)(C)C)ccc1B3c1cc(C(C)(C)C)cc3c1C2C1(C)CCCCC31C. The van der Waals surface area contributed by atoms with Gasteiger partial charge in [0.2, 0.25) is 6.71 Å². The molecule has 1 fully saturated rings. The molecule has 0 amide bonds. The van der Waals surface area contributed by atoms with E-state index < -0.39 is 0 Å². The minimum atomic E-state index is -0.0645. The summed E-state index contributed by atoms with van der Waals surface area (Å²) in [6, 6.07) is 34.4. The summed E-state index contributed by atoms with van der Waals surface area (Å²) in [6.45, 7) is 27.1. The van der Waals surface area contributed by atoms with Gasteiger partial charge in [-0.25, -0.2) is 0 Å².